The monoisotopic (exact) mass is 487 g/mol. The Morgan fingerprint density at radius 3 is 2.47 bits per heavy atom. The molecule has 0 spiro atoms. The van der Waals surface area contributed by atoms with E-state index >= 15 is 0 Å². The fourth-order valence-electron chi connectivity index (χ4n) is 4.34. The van der Waals surface area contributed by atoms with Crippen molar-refractivity contribution < 1.29 is 26.4 Å². The van der Waals surface area contributed by atoms with Crippen molar-refractivity contribution in [3.8, 4) is 0 Å². The summed E-state index contributed by atoms with van der Waals surface area (Å²) in [6.45, 7) is 0. The van der Waals surface area contributed by atoms with Crippen molar-refractivity contribution in [2.75, 3.05) is 10.0 Å². The Kier molecular flexibility index (Phi) is 5.27. The number of hydrogen-bond acceptors (Lipinski definition) is 3. The van der Waals surface area contributed by atoms with E-state index in [1.54, 1.807) is 6.08 Å². The second-order valence-corrected chi connectivity index (χ2v) is 9.99. The van der Waals surface area contributed by atoms with Gasteiger partial charge in [-0.25, -0.2) is 8.42 Å². The summed E-state index contributed by atoms with van der Waals surface area (Å²) in [6.07, 6.45) is 3.17. The average molecular weight is 488 g/mol. The quantitative estimate of drug-likeness (QED) is 0.442. The molecule has 2 heterocycles. The maximum atomic E-state index is 12.9. The van der Waals surface area contributed by atoms with E-state index in [4.69, 9.17) is 0 Å². The molecule has 6 nitrogen and oxygen atoms in total. The van der Waals surface area contributed by atoms with Gasteiger partial charge in [0.1, 0.15) is 0 Å². The van der Waals surface area contributed by atoms with E-state index in [9.17, 15) is 26.4 Å². The predicted molar refractivity (Wildman–Crippen MR) is 123 cm³/mol. The third-order valence-corrected chi connectivity index (χ3v) is 7.45. The minimum atomic E-state index is -4.52. The lowest BCUT2D eigenvalue weighted by molar-refractivity contribution is -0.137. The van der Waals surface area contributed by atoms with Crippen molar-refractivity contribution in [3.05, 3.63) is 76.6 Å². The van der Waals surface area contributed by atoms with E-state index in [-0.39, 0.29) is 16.5 Å². The van der Waals surface area contributed by atoms with Crippen LogP contribution >= 0.6 is 0 Å². The number of fused-ring (bicyclic) bond motifs is 2. The normalized spacial score (nSPS) is 16.8. The first-order valence-electron chi connectivity index (χ1n) is 10.7. The van der Waals surface area contributed by atoms with Crippen molar-refractivity contribution in [1.82, 2.24) is 4.98 Å². The molecule has 0 atom stereocenters. The van der Waals surface area contributed by atoms with Gasteiger partial charge in [0.25, 0.3) is 15.9 Å². The molecule has 10 heteroatoms. The molecule has 34 heavy (non-hydrogen) atoms. The van der Waals surface area contributed by atoms with Crippen molar-refractivity contribution in [1.29, 1.82) is 0 Å². The van der Waals surface area contributed by atoms with Gasteiger partial charge >= 0.3 is 6.18 Å². The van der Waals surface area contributed by atoms with Crippen molar-refractivity contribution in [2.45, 2.75) is 36.8 Å². The van der Waals surface area contributed by atoms with Gasteiger partial charge in [0.05, 0.1) is 10.5 Å². The van der Waals surface area contributed by atoms with Crippen LogP contribution in [-0.2, 0) is 33.8 Å². The molecule has 0 saturated heterocycles. The van der Waals surface area contributed by atoms with Gasteiger partial charge in [0.15, 0.2) is 0 Å². The smallest absolute Gasteiger partial charge is 0.364 e. The Balaban J connectivity index is 1.46. The van der Waals surface area contributed by atoms with Gasteiger partial charge < -0.3 is 10.3 Å². The largest absolute Gasteiger partial charge is 0.416 e. The van der Waals surface area contributed by atoms with Crippen molar-refractivity contribution in [2.24, 2.45) is 0 Å². The SMILES string of the molecule is O=C1Nc2ccc(S(=O)(=O)Nc3ccc(C(F)(F)F)cc3)cc2C1=Cc1c[nH]c2c1CCCC2. The lowest BCUT2D eigenvalue weighted by Gasteiger charge is -2.12. The number of carbonyl (C=O) groups is 1. The summed E-state index contributed by atoms with van der Waals surface area (Å²) in [7, 11) is -4.10. The number of amides is 1. The number of aromatic nitrogens is 1. The first-order chi connectivity index (χ1) is 16.1. The van der Waals surface area contributed by atoms with Crippen molar-refractivity contribution in [3.63, 3.8) is 0 Å². The highest BCUT2D eigenvalue weighted by Crippen LogP contribution is 2.37. The number of halogens is 3. The summed E-state index contributed by atoms with van der Waals surface area (Å²) in [5.74, 6) is -0.328. The highest BCUT2D eigenvalue weighted by Gasteiger charge is 2.31. The van der Waals surface area contributed by atoms with Crippen LogP contribution in [0.4, 0.5) is 24.5 Å². The van der Waals surface area contributed by atoms with Crippen LogP contribution < -0.4 is 10.0 Å². The first-order valence-corrected chi connectivity index (χ1v) is 12.2. The average Bonchev–Trinajstić information content (AvgIpc) is 3.34. The maximum absolute atomic E-state index is 12.9. The summed E-state index contributed by atoms with van der Waals surface area (Å²) < 4.78 is 66.4. The number of anilines is 2. The Morgan fingerprint density at radius 1 is 1.00 bits per heavy atom. The molecule has 1 aliphatic carbocycles. The second kappa shape index (κ2) is 8.05. The maximum Gasteiger partial charge on any atom is 0.416 e. The molecule has 2 aromatic carbocycles. The molecular formula is C24H20F3N3O3S. The van der Waals surface area contributed by atoms with Gasteiger partial charge in [0, 0.05) is 34.4 Å². The lowest BCUT2D eigenvalue weighted by atomic mass is 9.94. The van der Waals surface area contributed by atoms with Crippen LogP contribution in [0.2, 0.25) is 0 Å². The highest BCUT2D eigenvalue weighted by atomic mass is 32.2. The summed E-state index contributed by atoms with van der Waals surface area (Å²) in [4.78, 5) is 15.8. The highest BCUT2D eigenvalue weighted by molar-refractivity contribution is 7.92. The molecule has 5 rings (SSSR count). The van der Waals surface area contributed by atoms with E-state index in [0.717, 1.165) is 61.2 Å². The number of H-pyrrole nitrogens is 1. The third-order valence-electron chi connectivity index (χ3n) is 6.07. The molecule has 1 aromatic heterocycles. The number of nitrogens with one attached hydrogen (secondary N) is 3. The third kappa shape index (κ3) is 4.09. The number of aryl methyl sites for hydroxylation is 1. The summed E-state index contributed by atoms with van der Waals surface area (Å²) in [5.41, 5.74) is 3.66. The van der Waals surface area contributed by atoms with E-state index in [0.29, 0.717) is 16.8 Å². The van der Waals surface area contributed by atoms with Gasteiger partial charge in [-0.1, -0.05) is 0 Å². The van der Waals surface area contributed by atoms with E-state index in [1.165, 1.54) is 23.8 Å². The Bertz CT molecular complexity index is 1420. The standard InChI is InChI=1S/C24H20F3N3O3S/c25-24(26,27)15-5-7-16(8-6-15)30-34(32,33)17-9-10-22-19(12-17)20(23(31)29-22)11-14-13-28-21-4-2-1-3-18(14)21/h5-13,28,30H,1-4H2,(H,29,31). The number of benzene rings is 2. The van der Waals surface area contributed by atoms with E-state index in [2.05, 4.69) is 15.0 Å². The lowest BCUT2D eigenvalue weighted by Crippen LogP contribution is -2.13. The molecule has 0 radical (unpaired) electrons. The van der Waals surface area contributed by atoms with Gasteiger partial charge in [-0.2, -0.15) is 13.2 Å². The predicted octanol–water partition coefficient (Wildman–Crippen LogP) is 5.21. The van der Waals surface area contributed by atoms with Crippen LogP contribution in [0.3, 0.4) is 0 Å². The minimum absolute atomic E-state index is 0.00239. The van der Waals surface area contributed by atoms with Crippen LogP contribution in [0, 0.1) is 0 Å². The molecule has 1 amide bonds. The van der Waals surface area contributed by atoms with Crippen LogP contribution in [0.25, 0.3) is 11.6 Å². The van der Waals surface area contributed by atoms with Gasteiger partial charge in [-0.3, -0.25) is 9.52 Å². The number of rotatable bonds is 4. The molecular weight excluding hydrogens is 467 g/mol. The van der Waals surface area contributed by atoms with Crippen LogP contribution in [0.15, 0.2) is 53.6 Å². The zero-order valence-electron chi connectivity index (χ0n) is 17.8. The molecule has 0 saturated carbocycles. The second-order valence-electron chi connectivity index (χ2n) is 8.31. The minimum Gasteiger partial charge on any atom is -0.364 e. The van der Waals surface area contributed by atoms with Gasteiger partial charge in [-0.15, -0.1) is 0 Å². The summed E-state index contributed by atoms with van der Waals surface area (Å²) >= 11 is 0. The van der Waals surface area contributed by atoms with Crippen molar-refractivity contribution >= 4 is 39.0 Å². The van der Waals surface area contributed by atoms with Crippen LogP contribution in [0.5, 0.6) is 0 Å². The molecule has 3 aromatic rings. The number of aromatic amines is 1. The number of sulfonamides is 1. The summed E-state index contributed by atoms with van der Waals surface area (Å²) in [6, 6.07) is 7.96. The molecule has 1 aliphatic heterocycles. The van der Waals surface area contributed by atoms with Gasteiger partial charge in [-0.05, 0) is 85.4 Å². The fraction of sp³-hybridized carbons (Fsp3) is 0.208. The zero-order valence-corrected chi connectivity index (χ0v) is 18.6. The molecule has 0 fully saturated rings. The molecule has 0 bridgehead atoms. The fourth-order valence-corrected chi connectivity index (χ4v) is 5.42. The Labute approximate surface area is 193 Å². The first kappa shape index (κ1) is 22.3. The summed E-state index contributed by atoms with van der Waals surface area (Å²) in [5, 5.41) is 2.75. The molecule has 176 valence electrons. The van der Waals surface area contributed by atoms with Crippen LogP contribution in [-0.4, -0.2) is 19.3 Å². The molecule has 2 aliphatic rings. The van der Waals surface area contributed by atoms with Gasteiger partial charge in [0.2, 0.25) is 0 Å². The van der Waals surface area contributed by atoms with E-state index in [1.807, 2.05) is 6.20 Å². The zero-order chi connectivity index (χ0) is 24.1. The molecule has 0 unspecified atom stereocenters. The Morgan fingerprint density at radius 2 is 1.74 bits per heavy atom. The number of hydrogen-bond donors (Lipinski definition) is 3. The number of carbonyl (C=O) groups excluding carboxylic acids is 1. The number of alkyl halides is 3. The molecule has 3 N–H and O–H groups in total. The Hall–Kier alpha value is -3.53. The topological polar surface area (TPSA) is 91.1 Å². The van der Waals surface area contributed by atoms with E-state index < -0.39 is 21.8 Å². The van der Waals surface area contributed by atoms with Crippen LogP contribution in [0.1, 0.15) is 40.8 Å².